The fourth-order valence-corrected chi connectivity index (χ4v) is 4.45. The number of fused-ring (bicyclic) bond motifs is 1. The Morgan fingerprint density at radius 3 is 2.54 bits per heavy atom. The average molecular weight is 387 g/mol. The Bertz CT molecular complexity index is 946. The Balaban J connectivity index is 1.62. The Labute approximate surface area is 161 Å². The SMILES string of the molecule is NCc1cc2cc(-c3ccc(C(=O)N4CCOCC4)cc3)cc(Cl)c2s1. The van der Waals surface area contributed by atoms with Crippen molar-refractivity contribution in [3.05, 3.63) is 57.9 Å². The van der Waals surface area contributed by atoms with Gasteiger partial charge in [-0.15, -0.1) is 11.3 Å². The van der Waals surface area contributed by atoms with Gasteiger partial charge in [-0.05, 0) is 46.8 Å². The van der Waals surface area contributed by atoms with Crippen LogP contribution in [0.1, 0.15) is 15.2 Å². The molecule has 1 fully saturated rings. The average Bonchev–Trinajstić information content (AvgIpc) is 3.12. The van der Waals surface area contributed by atoms with E-state index in [0.29, 0.717) is 38.4 Å². The number of nitrogens with zero attached hydrogens (tertiary/aromatic N) is 1. The molecule has 2 N–H and O–H groups in total. The lowest BCUT2D eigenvalue weighted by atomic mass is 10.0. The Hall–Kier alpha value is -1.92. The summed E-state index contributed by atoms with van der Waals surface area (Å²) in [5, 5.41) is 1.84. The zero-order chi connectivity index (χ0) is 18.1. The molecule has 0 bridgehead atoms. The molecule has 1 aliphatic heterocycles. The van der Waals surface area contributed by atoms with Crippen LogP contribution in [0.4, 0.5) is 0 Å². The van der Waals surface area contributed by atoms with Gasteiger partial charge in [0.15, 0.2) is 0 Å². The third-order valence-corrected chi connectivity index (χ3v) is 6.20. The predicted molar refractivity (Wildman–Crippen MR) is 107 cm³/mol. The van der Waals surface area contributed by atoms with E-state index in [0.717, 1.165) is 31.1 Å². The van der Waals surface area contributed by atoms with Gasteiger partial charge in [0, 0.05) is 30.1 Å². The molecule has 1 saturated heterocycles. The highest BCUT2D eigenvalue weighted by Crippen LogP contribution is 2.36. The lowest BCUT2D eigenvalue weighted by molar-refractivity contribution is 0.0303. The largest absolute Gasteiger partial charge is 0.378 e. The lowest BCUT2D eigenvalue weighted by Gasteiger charge is -2.26. The van der Waals surface area contributed by atoms with Crippen LogP contribution in [0.5, 0.6) is 0 Å². The first-order valence-electron chi connectivity index (χ1n) is 8.55. The van der Waals surface area contributed by atoms with Gasteiger partial charge in [0.25, 0.3) is 5.91 Å². The molecule has 4 rings (SSSR count). The smallest absolute Gasteiger partial charge is 0.254 e. The summed E-state index contributed by atoms with van der Waals surface area (Å²) < 4.78 is 6.37. The van der Waals surface area contributed by atoms with Crippen LogP contribution in [-0.4, -0.2) is 37.1 Å². The first kappa shape index (κ1) is 17.5. The van der Waals surface area contributed by atoms with E-state index in [1.54, 1.807) is 11.3 Å². The summed E-state index contributed by atoms with van der Waals surface area (Å²) in [5.74, 6) is 0.0544. The molecule has 3 aromatic rings. The van der Waals surface area contributed by atoms with Crippen molar-refractivity contribution in [2.24, 2.45) is 5.73 Å². The maximum absolute atomic E-state index is 12.6. The van der Waals surface area contributed by atoms with Gasteiger partial charge in [-0.2, -0.15) is 0 Å². The van der Waals surface area contributed by atoms with E-state index in [1.165, 1.54) is 0 Å². The van der Waals surface area contributed by atoms with E-state index in [-0.39, 0.29) is 5.91 Å². The first-order chi connectivity index (χ1) is 12.7. The zero-order valence-electron chi connectivity index (χ0n) is 14.2. The molecule has 2 aromatic carbocycles. The summed E-state index contributed by atoms with van der Waals surface area (Å²) in [7, 11) is 0. The summed E-state index contributed by atoms with van der Waals surface area (Å²) >= 11 is 8.10. The second kappa shape index (κ2) is 7.37. The maximum atomic E-state index is 12.6. The van der Waals surface area contributed by atoms with Gasteiger partial charge in [-0.3, -0.25) is 4.79 Å². The summed E-state index contributed by atoms with van der Waals surface area (Å²) in [6, 6.07) is 13.9. The van der Waals surface area contributed by atoms with Gasteiger partial charge < -0.3 is 15.4 Å². The highest BCUT2D eigenvalue weighted by molar-refractivity contribution is 7.19. The van der Waals surface area contributed by atoms with Gasteiger partial charge in [0.05, 0.1) is 22.9 Å². The van der Waals surface area contributed by atoms with Crippen LogP contribution in [0, 0.1) is 0 Å². The minimum Gasteiger partial charge on any atom is -0.378 e. The van der Waals surface area contributed by atoms with Crippen LogP contribution in [-0.2, 0) is 11.3 Å². The van der Waals surface area contributed by atoms with Crippen molar-refractivity contribution in [1.29, 1.82) is 0 Å². The molecule has 0 spiro atoms. The minimum absolute atomic E-state index is 0.0544. The molecule has 4 nitrogen and oxygen atoms in total. The van der Waals surface area contributed by atoms with Crippen molar-refractivity contribution in [1.82, 2.24) is 4.90 Å². The number of amides is 1. The molecule has 6 heteroatoms. The highest BCUT2D eigenvalue weighted by atomic mass is 35.5. The molecule has 26 heavy (non-hydrogen) atoms. The molecule has 1 aromatic heterocycles. The fraction of sp³-hybridized carbons (Fsp3) is 0.250. The molecular formula is C20H19ClN2O2S. The number of hydrogen-bond donors (Lipinski definition) is 1. The molecule has 1 amide bonds. The predicted octanol–water partition coefficient (Wildman–Crippen LogP) is 4.15. The zero-order valence-corrected chi connectivity index (χ0v) is 15.8. The van der Waals surface area contributed by atoms with Crippen molar-refractivity contribution in [3.8, 4) is 11.1 Å². The van der Waals surface area contributed by atoms with Gasteiger partial charge in [0.2, 0.25) is 0 Å². The number of halogens is 1. The van der Waals surface area contributed by atoms with Crippen LogP contribution in [0.3, 0.4) is 0 Å². The van der Waals surface area contributed by atoms with Crippen LogP contribution in [0.15, 0.2) is 42.5 Å². The molecule has 0 atom stereocenters. The lowest BCUT2D eigenvalue weighted by Crippen LogP contribution is -2.40. The van der Waals surface area contributed by atoms with Gasteiger partial charge in [-0.25, -0.2) is 0 Å². The number of carbonyl (C=O) groups is 1. The van der Waals surface area contributed by atoms with E-state index in [1.807, 2.05) is 35.2 Å². The van der Waals surface area contributed by atoms with Crippen molar-refractivity contribution in [3.63, 3.8) is 0 Å². The van der Waals surface area contributed by atoms with Gasteiger partial charge in [0.1, 0.15) is 0 Å². The molecular weight excluding hydrogens is 368 g/mol. The van der Waals surface area contributed by atoms with Crippen LogP contribution in [0.25, 0.3) is 21.2 Å². The molecule has 0 saturated carbocycles. The van der Waals surface area contributed by atoms with E-state index in [4.69, 9.17) is 22.1 Å². The molecule has 0 aliphatic carbocycles. The second-order valence-corrected chi connectivity index (χ2v) is 7.82. The Kier molecular flexibility index (Phi) is 4.96. The molecule has 0 unspecified atom stereocenters. The third-order valence-electron chi connectivity index (χ3n) is 4.59. The number of morpholine rings is 1. The number of carbonyl (C=O) groups excluding carboxylic acids is 1. The quantitative estimate of drug-likeness (QED) is 0.735. The van der Waals surface area contributed by atoms with Crippen molar-refractivity contribution in [2.75, 3.05) is 26.3 Å². The van der Waals surface area contributed by atoms with Crippen molar-refractivity contribution < 1.29 is 9.53 Å². The number of nitrogens with two attached hydrogens (primary N) is 1. The molecule has 2 heterocycles. The van der Waals surface area contributed by atoms with Gasteiger partial charge >= 0.3 is 0 Å². The normalized spacial score (nSPS) is 14.8. The van der Waals surface area contributed by atoms with E-state index >= 15 is 0 Å². The van der Waals surface area contributed by atoms with Crippen LogP contribution in [0.2, 0.25) is 5.02 Å². The number of rotatable bonds is 3. The van der Waals surface area contributed by atoms with Crippen LogP contribution >= 0.6 is 22.9 Å². The summed E-state index contributed by atoms with van der Waals surface area (Å²) in [4.78, 5) is 15.5. The number of benzene rings is 2. The number of thiophene rings is 1. The monoisotopic (exact) mass is 386 g/mol. The Morgan fingerprint density at radius 1 is 1.12 bits per heavy atom. The molecule has 0 radical (unpaired) electrons. The third kappa shape index (κ3) is 3.35. The van der Waals surface area contributed by atoms with Gasteiger partial charge in [-0.1, -0.05) is 23.7 Å². The first-order valence-corrected chi connectivity index (χ1v) is 9.74. The van der Waals surface area contributed by atoms with E-state index in [9.17, 15) is 4.79 Å². The maximum Gasteiger partial charge on any atom is 0.254 e. The highest BCUT2D eigenvalue weighted by Gasteiger charge is 2.18. The Morgan fingerprint density at radius 2 is 1.85 bits per heavy atom. The fourth-order valence-electron chi connectivity index (χ4n) is 3.19. The van der Waals surface area contributed by atoms with Crippen LogP contribution < -0.4 is 5.73 Å². The van der Waals surface area contributed by atoms with Crippen molar-refractivity contribution in [2.45, 2.75) is 6.54 Å². The molecule has 134 valence electrons. The molecule has 1 aliphatic rings. The number of hydrogen-bond acceptors (Lipinski definition) is 4. The summed E-state index contributed by atoms with van der Waals surface area (Å²) in [5.41, 5.74) is 8.51. The summed E-state index contributed by atoms with van der Waals surface area (Å²) in [6.07, 6.45) is 0. The van der Waals surface area contributed by atoms with E-state index in [2.05, 4.69) is 12.1 Å². The second-order valence-electron chi connectivity index (χ2n) is 6.28. The topological polar surface area (TPSA) is 55.6 Å². The van der Waals surface area contributed by atoms with E-state index < -0.39 is 0 Å². The van der Waals surface area contributed by atoms with Crippen molar-refractivity contribution >= 4 is 38.9 Å². The summed E-state index contributed by atoms with van der Waals surface area (Å²) in [6.45, 7) is 3.02. The standard InChI is InChI=1S/C20H19ClN2O2S/c21-18-11-15(9-16-10-17(12-22)26-19(16)18)13-1-3-14(4-2-13)20(24)23-5-7-25-8-6-23/h1-4,9-11H,5-8,12,22H2. The minimum atomic E-state index is 0.0544. The number of ether oxygens (including phenoxy) is 1.